The second-order valence-corrected chi connectivity index (χ2v) is 13.4. The highest BCUT2D eigenvalue weighted by Gasteiger charge is 2.22. The topological polar surface area (TPSA) is 0 Å². The van der Waals surface area contributed by atoms with Gasteiger partial charge >= 0.3 is 0 Å². The molecule has 0 radical (unpaired) electrons. The van der Waals surface area contributed by atoms with Crippen molar-refractivity contribution >= 4 is 11.8 Å². The summed E-state index contributed by atoms with van der Waals surface area (Å²) in [6.45, 7) is 16.3. The molecule has 0 nitrogen and oxygen atoms in total. The van der Waals surface area contributed by atoms with E-state index in [2.05, 4.69) is 134 Å². The van der Waals surface area contributed by atoms with Crippen LogP contribution in [0.25, 0.3) is 0 Å². The molecule has 2 rings (SSSR count). The molecule has 2 aliphatic carbocycles. The van der Waals surface area contributed by atoms with Crippen molar-refractivity contribution < 1.29 is 0 Å². The lowest BCUT2D eigenvalue weighted by atomic mass is 9.80. The molecule has 0 aliphatic heterocycles. The third kappa shape index (κ3) is 12.7. The summed E-state index contributed by atoms with van der Waals surface area (Å²) in [5.41, 5.74) is 9.06. The van der Waals surface area contributed by atoms with Gasteiger partial charge in [-0.3, -0.25) is 0 Å². The molecule has 0 heterocycles. The smallest absolute Gasteiger partial charge is 0.0142 e. The van der Waals surface area contributed by atoms with E-state index in [1.165, 1.54) is 72.1 Å². The first-order valence-corrected chi connectivity index (χ1v) is 18.6. The molecular formula is C42H62S. The Bertz CT molecular complexity index is 1150. The fraction of sp³-hybridized carbons (Fsp3) is 0.524. The van der Waals surface area contributed by atoms with Crippen molar-refractivity contribution in [2.24, 2.45) is 17.8 Å². The van der Waals surface area contributed by atoms with Gasteiger partial charge in [0.2, 0.25) is 0 Å². The fourth-order valence-electron chi connectivity index (χ4n) is 5.87. The van der Waals surface area contributed by atoms with Gasteiger partial charge < -0.3 is 0 Å². The van der Waals surface area contributed by atoms with Crippen LogP contribution in [0, 0.1) is 17.8 Å². The van der Waals surface area contributed by atoms with Crippen LogP contribution in [-0.4, -0.2) is 6.26 Å². The first-order chi connectivity index (χ1) is 20.9. The maximum absolute atomic E-state index is 2.55. The lowest BCUT2D eigenvalue weighted by Crippen LogP contribution is -2.08. The molecule has 0 N–H and O–H groups in total. The molecule has 2 aliphatic rings. The van der Waals surface area contributed by atoms with Crippen LogP contribution in [0.5, 0.6) is 0 Å². The van der Waals surface area contributed by atoms with Crippen molar-refractivity contribution in [2.75, 3.05) is 6.26 Å². The molecule has 0 aromatic carbocycles. The Hall–Kier alpha value is -2.25. The Morgan fingerprint density at radius 2 is 1.72 bits per heavy atom. The highest BCUT2D eigenvalue weighted by molar-refractivity contribution is 8.02. The van der Waals surface area contributed by atoms with Crippen molar-refractivity contribution in [1.82, 2.24) is 0 Å². The SMILES string of the molecule is CCC/C=C(/C=C\CC/C=C/C=C(\SC)C1=CC(/C(CCCC)=C2/C=CC=CC2C)=C(C(C)CCCC)CC=C1)C(C)C. The van der Waals surface area contributed by atoms with Gasteiger partial charge in [0.25, 0.3) is 0 Å². The first-order valence-electron chi connectivity index (χ1n) is 17.3. The Morgan fingerprint density at radius 3 is 2.40 bits per heavy atom. The van der Waals surface area contributed by atoms with Gasteiger partial charge in [-0.25, -0.2) is 0 Å². The predicted octanol–water partition coefficient (Wildman–Crippen LogP) is 13.8. The van der Waals surface area contributed by atoms with Crippen LogP contribution in [0.2, 0.25) is 0 Å². The normalized spacial score (nSPS) is 20.1. The zero-order chi connectivity index (χ0) is 31.5. The van der Waals surface area contributed by atoms with E-state index in [-0.39, 0.29) is 0 Å². The van der Waals surface area contributed by atoms with Crippen LogP contribution < -0.4 is 0 Å². The largest absolute Gasteiger partial charge is 0.129 e. The van der Waals surface area contributed by atoms with E-state index in [0.717, 1.165) is 25.7 Å². The van der Waals surface area contributed by atoms with Crippen molar-refractivity contribution in [3.05, 3.63) is 117 Å². The number of rotatable bonds is 18. The van der Waals surface area contributed by atoms with E-state index in [4.69, 9.17) is 0 Å². The first kappa shape index (κ1) is 36.9. The van der Waals surface area contributed by atoms with E-state index in [9.17, 15) is 0 Å². The number of unbranched alkanes of at least 4 members (excludes halogenated alkanes) is 4. The monoisotopic (exact) mass is 598 g/mol. The van der Waals surface area contributed by atoms with E-state index < -0.39 is 0 Å². The number of thioether (sulfide) groups is 1. The summed E-state index contributed by atoms with van der Waals surface area (Å²) in [7, 11) is 0. The molecule has 236 valence electrons. The van der Waals surface area contributed by atoms with E-state index in [1.54, 1.807) is 11.1 Å². The lowest BCUT2D eigenvalue weighted by Gasteiger charge is -2.25. The van der Waals surface area contributed by atoms with Crippen LogP contribution in [0.3, 0.4) is 0 Å². The maximum atomic E-state index is 2.55. The molecule has 0 spiro atoms. The van der Waals surface area contributed by atoms with Crippen LogP contribution in [0.15, 0.2) is 117 Å². The highest BCUT2D eigenvalue weighted by Crippen LogP contribution is 2.39. The quantitative estimate of drug-likeness (QED) is 0.112. The summed E-state index contributed by atoms with van der Waals surface area (Å²) in [6, 6.07) is 0. The molecule has 0 saturated carbocycles. The average Bonchev–Trinajstić information content (AvgIpc) is 3.23. The van der Waals surface area contributed by atoms with Gasteiger partial charge in [0.05, 0.1) is 0 Å². The number of hydrogen-bond acceptors (Lipinski definition) is 1. The van der Waals surface area contributed by atoms with E-state index in [1.807, 2.05) is 11.8 Å². The zero-order valence-corrected chi connectivity index (χ0v) is 29.7. The standard InChI is InChI=1S/C42H62S/c1-9-12-23-34(6)39-30-22-27-37(32-41(39)40(28-14-11-3)38-29-21-20-24-35(38)7)42(43-8)31-19-17-15-16-18-26-36(33(4)5)25-13-10-2/h17-22,24-27,29,31-35H,9-16,23,28,30H2,1-8H3/b19-17+,26-18-,36-25-,40-38-,42-31-. The molecule has 0 aromatic rings. The number of hydrogen-bond donors (Lipinski definition) is 0. The Morgan fingerprint density at radius 1 is 0.953 bits per heavy atom. The molecule has 0 saturated heterocycles. The van der Waals surface area contributed by atoms with E-state index in [0.29, 0.717) is 17.8 Å². The van der Waals surface area contributed by atoms with E-state index >= 15 is 0 Å². The molecule has 2 atom stereocenters. The van der Waals surface area contributed by atoms with Crippen molar-refractivity contribution in [3.63, 3.8) is 0 Å². The van der Waals surface area contributed by atoms with Gasteiger partial charge in [-0.2, -0.15) is 0 Å². The van der Waals surface area contributed by atoms with Gasteiger partial charge in [0.15, 0.2) is 0 Å². The van der Waals surface area contributed by atoms with Crippen molar-refractivity contribution in [3.8, 4) is 0 Å². The fourth-order valence-corrected chi connectivity index (χ4v) is 6.44. The second kappa shape index (κ2) is 21.5. The molecule has 0 bridgehead atoms. The van der Waals surface area contributed by atoms with Gasteiger partial charge in [0, 0.05) is 4.91 Å². The van der Waals surface area contributed by atoms with Gasteiger partial charge in [-0.05, 0) is 109 Å². The third-order valence-electron chi connectivity index (χ3n) is 8.63. The van der Waals surface area contributed by atoms with Gasteiger partial charge in [0.1, 0.15) is 0 Å². The summed E-state index contributed by atoms with van der Waals surface area (Å²) in [6.07, 6.45) is 45.8. The van der Waals surface area contributed by atoms with Crippen LogP contribution >= 0.6 is 11.8 Å². The molecule has 0 aromatic heterocycles. The molecule has 43 heavy (non-hydrogen) atoms. The maximum Gasteiger partial charge on any atom is 0.0142 e. The molecular weight excluding hydrogens is 537 g/mol. The minimum absolute atomic E-state index is 0.455. The third-order valence-corrected chi connectivity index (χ3v) is 9.44. The zero-order valence-electron chi connectivity index (χ0n) is 28.9. The molecule has 0 amide bonds. The van der Waals surface area contributed by atoms with Crippen molar-refractivity contribution in [1.29, 1.82) is 0 Å². The minimum atomic E-state index is 0.455. The van der Waals surface area contributed by atoms with Crippen LogP contribution in [0.1, 0.15) is 119 Å². The minimum Gasteiger partial charge on any atom is -0.129 e. The average molecular weight is 599 g/mol. The molecule has 0 fully saturated rings. The summed E-state index contributed by atoms with van der Waals surface area (Å²) in [4.78, 5) is 1.35. The molecule has 1 heteroatoms. The predicted molar refractivity (Wildman–Crippen MR) is 198 cm³/mol. The van der Waals surface area contributed by atoms with Crippen molar-refractivity contribution in [2.45, 2.75) is 119 Å². The second-order valence-electron chi connectivity index (χ2n) is 12.5. The highest BCUT2D eigenvalue weighted by atomic mass is 32.2. The Balaban J connectivity index is 2.41. The Kier molecular flexibility index (Phi) is 18.4. The lowest BCUT2D eigenvalue weighted by molar-refractivity contribution is 0.561. The van der Waals surface area contributed by atoms with Crippen LogP contribution in [-0.2, 0) is 0 Å². The van der Waals surface area contributed by atoms with Gasteiger partial charge in [-0.1, -0.05) is 147 Å². The summed E-state index contributed by atoms with van der Waals surface area (Å²) >= 11 is 1.86. The number of allylic oxidation sites excluding steroid dienone is 19. The van der Waals surface area contributed by atoms with Crippen LogP contribution in [0.4, 0.5) is 0 Å². The van der Waals surface area contributed by atoms with Gasteiger partial charge in [-0.15, -0.1) is 11.8 Å². The summed E-state index contributed by atoms with van der Waals surface area (Å²) in [5, 5.41) is 0. The Labute approximate surface area is 271 Å². The summed E-state index contributed by atoms with van der Waals surface area (Å²) < 4.78 is 0. The molecule has 2 unspecified atom stereocenters. The summed E-state index contributed by atoms with van der Waals surface area (Å²) in [5.74, 6) is 1.64.